The topological polar surface area (TPSA) is 93.9 Å². The number of aromatic nitrogens is 3. The minimum Gasteiger partial charge on any atom is -0.467 e. The van der Waals surface area contributed by atoms with Crippen molar-refractivity contribution in [3.63, 3.8) is 0 Å². The number of halogens is 5. The first-order chi connectivity index (χ1) is 21.7. The van der Waals surface area contributed by atoms with Crippen molar-refractivity contribution in [2.45, 2.75) is 41.0 Å². The van der Waals surface area contributed by atoms with Gasteiger partial charge in [0.05, 0.1) is 30.0 Å². The molecular weight excluding hydrogens is 675 g/mol. The van der Waals surface area contributed by atoms with Crippen molar-refractivity contribution in [1.29, 1.82) is 0 Å². The van der Waals surface area contributed by atoms with Crippen LogP contribution in [0.1, 0.15) is 17.9 Å². The third-order valence-electron chi connectivity index (χ3n) is 7.24. The molecule has 2 aliphatic heterocycles. The fraction of sp³-hybridized carbons (Fsp3) is 0.300. The summed E-state index contributed by atoms with van der Waals surface area (Å²) in [6, 6.07) is 15.8. The molecule has 0 bridgehead atoms. The lowest BCUT2D eigenvalue weighted by Gasteiger charge is -2.49. The van der Waals surface area contributed by atoms with E-state index in [2.05, 4.69) is 10.3 Å². The highest BCUT2D eigenvalue weighted by Gasteiger charge is 2.52. The zero-order chi connectivity index (χ0) is 31.7. The van der Waals surface area contributed by atoms with Crippen LogP contribution in [0, 0.1) is 11.6 Å². The number of esters is 1. The van der Waals surface area contributed by atoms with Crippen molar-refractivity contribution in [3.05, 3.63) is 99.1 Å². The van der Waals surface area contributed by atoms with Gasteiger partial charge in [0.15, 0.2) is 6.29 Å². The molecule has 0 aliphatic carbocycles. The molecular formula is C30H24Cl3F2N3O6S. The fourth-order valence-corrected chi connectivity index (χ4v) is 6.73. The van der Waals surface area contributed by atoms with Gasteiger partial charge in [-0.25, -0.2) is 18.3 Å². The summed E-state index contributed by atoms with van der Waals surface area (Å²) in [5.74, 6) is -2.50. The average molecular weight is 699 g/mol. The molecule has 0 radical (unpaired) electrons. The molecule has 3 heterocycles. The van der Waals surface area contributed by atoms with Crippen molar-refractivity contribution >= 4 is 52.5 Å². The van der Waals surface area contributed by atoms with Crippen molar-refractivity contribution in [2.24, 2.45) is 0 Å². The minimum atomic E-state index is -0.941. The summed E-state index contributed by atoms with van der Waals surface area (Å²) in [5.41, 5.74) is 0.310. The molecule has 9 nitrogen and oxygen atoms in total. The predicted molar refractivity (Wildman–Crippen MR) is 162 cm³/mol. The van der Waals surface area contributed by atoms with E-state index in [9.17, 15) is 13.6 Å². The lowest BCUT2D eigenvalue weighted by molar-refractivity contribution is -0.310. The van der Waals surface area contributed by atoms with Gasteiger partial charge >= 0.3 is 5.97 Å². The first-order valence-electron chi connectivity index (χ1n) is 13.6. The second kappa shape index (κ2) is 13.9. The van der Waals surface area contributed by atoms with E-state index < -0.39 is 65.3 Å². The Labute approximate surface area is 275 Å². The highest BCUT2D eigenvalue weighted by Crippen LogP contribution is 2.45. The highest BCUT2D eigenvalue weighted by molar-refractivity contribution is 7.99. The van der Waals surface area contributed by atoms with Gasteiger partial charge in [0, 0.05) is 16.0 Å². The normalized spacial score (nSPS) is 24.7. The lowest BCUT2D eigenvalue weighted by Crippen LogP contribution is -2.59. The number of rotatable bonds is 8. The fourth-order valence-electron chi connectivity index (χ4n) is 5.09. The number of ether oxygens (including phenoxy) is 5. The zero-order valence-corrected chi connectivity index (χ0v) is 26.4. The molecule has 2 aliphatic rings. The maximum atomic E-state index is 14.3. The molecule has 4 aromatic rings. The summed E-state index contributed by atoms with van der Waals surface area (Å²) in [6.45, 7) is -0.261. The minimum absolute atomic E-state index is 0.119. The molecule has 0 amide bonds. The van der Waals surface area contributed by atoms with E-state index in [4.69, 9.17) is 58.5 Å². The van der Waals surface area contributed by atoms with E-state index >= 15 is 0 Å². The molecule has 236 valence electrons. The number of nitrogens with zero attached hydrogens (tertiary/aromatic N) is 3. The summed E-state index contributed by atoms with van der Waals surface area (Å²) in [4.78, 5) is 13.0. The van der Waals surface area contributed by atoms with E-state index in [-0.39, 0.29) is 17.9 Å². The van der Waals surface area contributed by atoms with Gasteiger partial charge in [-0.1, -0.05) is 82.1 Å². The van der Waals surface area contributed by atoms with Crippen LogP contribution >= 0.6 is 46.6 Å². The van der Waals surface area contributed by atoms with Crippen LogP contribution in [0.5, 0.6) is 0 Å². The first-order valence-corrected chi connectivity index (χ1v) is 15.6. The lowest BCUT2D eigenvalue weighted by atomic mass is 9.95. The van der Waals surface area contributed by atoms with Crippen LogP contribution in [-0.2, 0) is 28.5 Å². The van der Waals surface area contributed by atoms with Gasteiger partial charge in [-0.3, -0.25) is 0 Å². The number of carbonyl (C=O) groups excluding carboxylic acids is 1. The van der Waals surface area contributed by atoms with Gasteiger partial charge in [0.1, 0.15) is 58.7 Å². The van der Waals surface area contributed by atoms with Gasteiger partial charge in [-0.15, -0.1) is 5.10 Å². The van der Waals surface area contributed by atoms with Crippen LogP contribution in [0.25, 0.3) is 11.3 Å². The quantitative estimate of drug-likeness (QED) is 0.144. The largest absolute Gasteiger partial charge is 0.467 e. The number of hydrogen-bond acceptors (Lipinski definition) is 9. The van der Waals surface area contributed by atoms with Crippen LogP contribution in [0.15, 0.2) is 71.8 Å². The monoisotopic (exact) mass is 697 g/mol. The molecule has 2 saturated heterocycles. The smallest absolute Gasteiger partial charge is 0.331 e. The SMILES string of the molecule is COC(=O)COC1C(Sc2ccc(Cl)c(Cl)c2)OC2COC(c3ccccc3)OC2C1n1cc(-c2cc(F)c(Cl)c(F)c2)nn1. The number of hydrogen-bond donors (Lipinski definition) is 0. The molecule has 0 spiro atoms. The Morgan fingerprint density at radius 1 is 1.04 bits per heavy atom. The molecule has 6 unspecified atom stereocenters. The molecule has 0 saturated carbocycles. The molecule has 0 N–H and O–H groups in total. The predicted octanol–water partition coefficient (Wildman–Crippen LogP) is 6.91. The Bertz CT molecular complexity index is 1660. The Hall–Kier alpha value is -2.81. The Kier molecular flexibility index (Phi) is 9.93. The van der Waals surface area contributed by atoms with Crippen molar-refractivity contribution in [3.8, 4) is 11.3 Å². The van der Waals surface area contributed by atoms with Gasteiger partial charge in [-0.05, 0) is 30.3 Å². The average Bonchev–Trinajstić information content (AvgIpc) is 3.54. The van der Waals surface area contributed by atoms with Gasteiger partial charge < -0.3 is 23.7 Å². The van der Waals surface area contributed by atoms with E-state index in [1.807, 2.05) is 30.3 Å². The standard InChI is InChI=1S/C30H24Cl3F2N3O6S/c1-40-24(39)14-41-28-26(38-12-22(36-37-38)16-9-20(34)25(33)21(35)10-16)27-23(13-42-29(44-27)15-5-3-2-4-6-15)43-30(28)45-17-7-8-18(31)19(32)11-17/h2-12,23,26-30H,13-14H2,1H3. The molecule has 6 rings (SSSR count). The van der Waals surface area contributed by atoms with Crippen LogP contribution < -0.4 is 0 Å². The number of methoxy groups -OCH3 is 1. The third kappa shape index (κ3) is 6.98. The Balaban J connectivity index is 1.41. The van der Waals surface area contributed by atoms with Crippen LogP contribution in [-0.4, -0.2) is 65.0 Å². The van der Waals surface area contributed by atoms with Crippen LogP contribution in [0.4, 0.5) is 8.78 Å². The third-order valence-corrected chi connectivity index (χ3v) is 9.48. The van der Waals surface area contributed by atoms with Gasteiger partial charge in [-0.2, -0.15) is 0 Å². The van der Waals surface area contributed by atoms with E-state index in [0.29, 0.717) is 14.9 Å². The number of carbonyl (C=O) groups is 1. The van der Waals surface area contributed by atoms with Gasteiger partial charge in [0.2, 0.25) is 0 Å². The van der Waals surface area contributed by atoms with Crippen molar-refractivity contribution in [2.75, 3.05) is 20.3 Å². The van der Waals surface area contributed by atoms with E-state index in [0.717, 1.165) is 17.7 Å². The summed E-state index contributed by atoms with van der Waals surface area (Å²) in [7, 11) is 1.25. The summed E-state index contributed by atoms with van der Waals surface area (Å²) < 4.78 is 60.2. The second-order valence-electron chi connectivity index (χ2n) is 10.1. The number of benzene rings is 3. The van der Waals surface area contributed by atoms with E-state index in [1.54, 1.807) is 18.2 Å². The van der Waals surface area contributed by atoms with Crippen LogP contribution in [0.3, 0.4) is 0 Å². The molecule has 45 heavy (non-hydrogen) atoms. The molecule has 2 fully saturated rings. The number of thioether (sulfide) groups is 1. The van der Waals surface area contributed by atoms with Gasteiger partial charge in [0.25, 0.3) is 0 Å². The van der Waals surface area contributed by atoms with Crippen molar-refractivity contribution in [1.82, 2.24) is 15.0 Å². The first kappa shape index (κ1) is 32.1. The summed E-state index contributed by atoms with van der Waals surface area (Å²) in [6.07, 6.45) is -1.48. The maximum absolute atomic E-state index is 14.3. The number of fused-ring (bicyclic) bond motifs is 1. The summed E-state index contributed by atoms with van der Waals surface area (Å²) >= 11 is 19.4. The molecule has 1 aromatic heterocycles. The van der Waals surface area contributed by atoms with Crippen LogP contribution in [0.2, 0.25) is 15.1 Å². The van der Waals surface area contributed by atoms with E-state index in [1.165, 1.54) is 29.8 Å². The maximum Gasteiger partial charge on any atom is 0.331 e. The zero-order valence-electron chi connectivity index (χ0n) is 23.3. The van der Waals surface area contributed by atoms with Crippen molar-refractivity contribution < 1.29 is 37.3 Å². The molecule has 15 heteroatoms. The Morgan fingerprint density at radius 3 is 2.51 bits per heavy atom. The second-order valence-corrected chi connectivity index (χ2v) is 12.5. The highest BCUT2D eigenvalue weighted by atomic mass is 35.5. The Morgan fingerprint density at radius 2 is 1.80 bits per heavy atom. The molecule has 3 aromatic carbocycles. The summed E-state index contributed by atoms with van der Waals surface area (Å²) in [5, 5.41) is 8.61. The molecule has 6 atom stereocenters.